The Morgan fingerprint density at radius 2 is 1.86 bits per heavy atom. The van der Waals surface area contributed by atoms with Crippen LogP contribution in [0.15, 0.2) is 29.2 Å². The molecule has 0 aliphatic carbocycles. The van der Waals surface area contributed by atoms with Crippen LogP contribution in [-0.4, -0.2) is 50.8 Å². The first kappa shape index (κ1) is 16.0. The Kier molecular flexibility index (Phi) is 4.99. The van der Waals surface area contributed by atoms with Gasteiger partial charge in [0.05, 0.1) is 17.4 Å². The van der Waals surface area contributed by atoms with Crippen molar-refractivity contribution >= 4 is 10.0 Å². The van der Waals surface area contributed by atoms with Gasteiger partial charge >= 0.3 is 0 Å². The van der Waals surface area contributed by atoms with Gasteiger partial charge in [0.15, 0.2) is 0 Å². The van der Waals surface area contributed by atoms with Crippen LogP contribution in [0.25, 0.3) is 0 Å². The quantitative estimate of drug-likeness (QED) is 0.845. The maximum atomic E-state index is 12.6. The highest BCUT2D eigenvalue weighted by atomic mass is 32.2. The lowest BCUT2D eigenvalue weighted by Crippen LogP contribution is -2.44. The van der Waals surface area contributed by atoms with Gasteiger partial charge < -0.3 is 4.90 Å². The lowest BCUT2D eigenvalue weighted by atomic mass is 10.1. The van der Waals surface area contributed by atoms with Gasteiger partial charge in [-0.1, -0.05) is 12.1 Å². The van der Waals surface area contributed by atoms with E-state index in [1.807, 2.05) is 0 Å². The van der Waals surface area contributed by atoms with Gasteiger partial charge in [0.1, 0.15) is 0 Å². The van der Waals surface area contributed by atoms with Crippen LogP contribution in [0.5, 0.6) is 0 Å². The Labute approximate surface area is 126 Å². The maximum absolute atomic E-state index is 12.6. The summed E-state index contributed by atoms with van der Waals surface area (Å²) >= 11 is 0. The minimum atomic E-state index is -3.46. The van der Waals surface area contributed by atoms with Crippen molar-refractivity contribution in [2.75, 3.05) is 27.2 Å². The maximum Gasteiger partial charge on any atom is 0.243 e. The van der Waals surface area contributed by atoms with Crippen LogP contribution < -0.4 is 0 Å². The van der Waals surface area contributed by atoms with Gasteiger partial charge in [-0.15, -0.1) is 0 Å². The number of rotatable bonds is 4. The molecule has 114 valence electrons. The summed E-state index contributed by atoms with van der Waals surface area (Å²) in [6.07, 6.45) is 2.02. The number of nitriles is 1. The summed E-state index contributed by atoms with van der Waals surface area (Å²) in [6.45, 7) is 1.84. The molecule has 0 spiro atoms. The average Bonchev–Trinajstić information content (AvgIpc) is 2.48. The summed E-state index contributed by atoms with van der Waals surface area (Å²) in [5.74, 6) is 0. The Balaban J connectivity index is 2.15. The highest BCUT2D eigenvalue weighted by Crippen LogP contribution is 2.22. The molecular weight excluding hydrogens is 286 g/mol. The first-order valence-corrected chi connectivity index (χ1v) is 8.51. The summed E-state index contributed by atoms with van der Waals surface area (Å²) in [7, 11) is 0.260. The van der Waals surface area contributed by atoms with Crippen LogP contribution in [-0.2, 0) is 16.4 Å². The molecule has 1 aromatic carbocycles. The summed E-state index contributed by atoms with van der Waals surface area (Å²) in [5.41, 5.74) is 0.832. The Hall–Kier alpha value is -1.42. The van der Waals surface area contributed by atoms with Crippen LogP contribution in [0.3, 0.4) is 0 Å². The molecular formula is C15H21N3O2S. The van der Waals surface area contributed by atoms with E-state index in [2.05, 4.69) is 18.0 Å². The van der Waals surface area contributed by atoms with E-state index in [-0.39, 0.29) is 6.04 Å². The van der Waals surface area contributed by atoms with Crippen molar-refractivity contribution in [1.29, 1.82) is 5.26 Å². The van der Waals surface area contributed by atoms with Crippen molar-refractivity contribution < 1.29 is 8.42 Å². The molecule has 1 aliphatic heterocycles. The molecule has 0 saturated carbocycles. The molecule has 0 amide bonds. The fourth-order valence-corrected chi connectivity index (χ4v) is 4.01. The third-order valence-corrected chi connectivity index (χ3v) is 6.01. The Morgan fingerprint density at radius 3 is 2.38 bits per heavy atom. The third kappa shape index (κ3) is 3.62. The predicted octanol–water partition coefficient (Wildman–Crippen LogP) is 1.47. The minimum absolute atomic E-state index is 0.0602. The van der Waals surface area contributed by atoms with E-state index in [1.165, 1.54) is 4.31 Å². The average molecular weight is 307 g/mol. The highest BCUT2D eigenvalue weighted by molar-refractivity contribution is 7.89. The molecule has 5 nitrogen and oxygen atoms in total. The zero-order chi connectivity index (χ0) is 15.5. The number of sulfonamides is 1. The van der Waals surface area contributed by atoms with E-state index in [0.29, 0.717) is 11.3 Å². The number of hydrogen-bond acceptors (Lipinski definition) is 4. The molecule has 1 fully saturated rings. The molecule has 1 heterocycles. The second-order valence-corrected chi connectivity index (χ2v) is 7.53. The number of hydrogen-bond donors (Lipinski definition) is 0. The molecule has 0 N–H and O–H groups in total. The lowest BCUT2D eigenvalue weighted by molar-refractivity contribution is 0.197. The van der Waals surface area contributed by atoms with Crippen molar-refractivity contribution in [1.82, 2.24) is 9.21 Å². The minimum Gasteiger partial charge on any atom is -0.306 e. The summed E-state index contributed by atoms with van der Waals surface area (Å²) in [6, 6.07) is 8.71. The summed E-state index contributed by atoms with van der Waals surface area (Å²) in [4.78, 5) is 2.51. The summed E-state index contributed by atoms with van der Waals surface area (Å²) in [5, 5.41) is 8.65. The largest absolute Gasteiger partial charge is 0.306 e. The van der Waals surface area contributed by atoms with Gasteiger partial charge in [0.25, 0.3) is 0 Å². The van der Waals surface area contributed by atoms with Gasteiger partial charge in [-0.25, -0.2) is 8.42 Å². The molecule has 0 atom stereocenters. The predicted molar refractivity (Wildman–Crippen MR) is 81.2 cm³/mol. The van der Waals surface area contributed by atoms with Gasteiger partial charge in [0.2, 0.25) is 10.0 Å². The molecule has 0 radical (unpaired) electrons. The van der Waals surface area contributed by atoms with Crippen LogP contribution in [0.1, 0.15) is 18.4 Å². The standard InChI is InChI=1S/C15H21N3O2S/c1-17-11-8-14(9-12-17)18(2)21(19,20)15-5-3-13(4-6-15)7-10-16/h3-6,14H,7-9,11-12H2,1-2H3. The van der Waals surface area contributed by atoms with Gasteiger partial charge in [-0.3, -0.25) is 0 Å². The van der Waals surface area contributed by atoms with Crippen molar-refractivity contribution in [2.24, 2.45) is 0 Å². The molecule has 1 saturated heterocycles. The highest BCUT2D eigenvalue weighted by Gasteiger charge is 2.29. The Morgan fingerprint density at radius 1 is 1.29 bits per heavy atom. The number of benzene rings is 1. The van der Waals surface area contributed by atoms with E-state index < -0.39 is 10.0 Å². The van der Waals surface area contributed by atoms with Crippen molar-refractivity contribution in [3.05, 3.63) is 29.8 Å². The van der Waals surface area contributed by atoms with Gasteiger partial charge in [-0.05, 0) is 50.7 Å². The third-order valence-electron chi connectivity index (χ3n) is 4.09. The second-order valence-electron chi connectivity index (χ2n) is 5.53. The molecule has 1 aromatic rings. The SMILES string of the molecule is CN1CCC(N(C)S(=O)(=O)c2ccc(CC#N)cc2)CC1. The van der Waals surface area contributed by atoms with E-state index in [9.17, 15) is 8.42 Å². The van der Waals surface area contributed by atoms with Gasteiger partial charge in [-0.2, -0.15) is 9.57 Å². The van der Waals surface area contributed by atoms with Crippen LogP contribution in [0.2, 0.25) is 0 Å². The number of nitrogens with zero attached hydrogens (tertiary/aromatic N) is 3. The first-order chi connectivity index (χ1) is 9.95. The summed E-state index contributed by atoms with van der Waals surface area (Å²) < 4.78 is 26.8. The normalized spacial score (nSPS) is 17.8. The van der Waals surface area contributed by atoms with E-state index in [0.717, 1.165) is 31.5 Å². The molecule has 21 heavy (non-hydrogen) atoms. The Bertz CT molecular complexity index is 611. The first-order valence-electron chi connectivity index (χ1n) is 7.07. The zero-order valence-corrected chi connectivity index (χ0v) is 13.3. The molecule has 2 rings (SSSR count). The van der Waals surface area contributed by atoms with Crippen molar-refractivity contribution in [3.8, 4) is 6.07 Å². The second kappa shape index (κ2) is 6.56. The van der Waals surface area contributed by atoms with Crippen LogP contribution >= 0.6 is 0 Å². The molecule has 1 aliphatic rings. The number of likely N-dealkylation sites (tertiary alicyclic amines) is 1. The molecule has 0 bridgehead atoms. The van der Waals surface area contributed by atoms with E-state index in [4.69, 9.17) is 5.26 Å². The van der Waals surface area contributed by atoms with Gasteiger partial charge in [0, 0.05) is 13.1 Å². The smallest absolute Gasteiger partial charge is 0.243 e. The monoisotopic (exact) mass is 307 g/mol. The lowest BCUT2D eigenvalue weighted by Gasteiger charge is -2.34. The van der Waals surface area contributed by atoms with Crippen LogP contribution in [0.4, 0.5) is 0 Å². The molecule has 6 heteroatoms. The molecule has 0 unspecified atom stereocenters. The topological polar surface area (TPSA) is 64.4 Å². The number of piperidine rings is 1. The zero-order valence-electron chi connectivity index (χ0n) is 12.5. The van der Waals surface area contributed by atoms with Crippen LogP contribution in [0, 0.1) is 11.3 Å². The van der Waals surface area contributed by atoms with E-state index in [1.54, 1.807) is 31.3 Å². The van der Waals surface area contributed by atoms with Crippen molar-refractivity contribution in [3.63, 3.8) is 0 Å². The van der Waals surface area contributed by atoms with E-state index >= 15 is 0 Å². The fraction of sp³-hybridized carbons (Fsp3) is 0.533. The fourth-order valence-electron chi connectivity index (χ4n) is 2.59. The van der Waals surface area contributed by atoms with Crippen molar-refractivity contribution in [2.45, 2.75) is 30.2 Å². The molecule has 0 aromatic heterocycles.